The predicted octanol–water partition coefficient (Wildman–Crippen LogP) is 4.30. The van der Waals surface area contributed by atoms with Crippen LogP contribution in [-0.2, 0) is 4.79 Å². The van der Waals surface area contributed by atoms with Gasteiger partial charge in [0.25, 0.3) is 0 Å². The van der Waals surface area contributed by atoms with E-state index in [2.05, 4.69) is 6.07 Å². The van der Waals surface area contributed by atoms with Crippen LogP contribution in [0.3, 0.4) is 0 Å². The average molecular weight is 373 g/mol. The fourth-order valence-electron chi connectivity index (χ4n) is 3.20. The standard InChI is InChI=1S/C20H23NO4S/c1-5-21-14-8-6-7-9-17(14)26-18(12-19(21)22)13-10-15(23-2)20(25-4)16(11-13)24-3/h6-11,18H,5,12H2,1-4H3/t18-/m1/s1. The van der Waals surface area contributed by atoms with Gasteiger partial charge in [-0.25, -0.2) is 0 Å². The summed E-state index contributed by atoms with van der Waals surface area (Å²) in [5, 5.41) is -0.0334. The molecule has 0 saturated heterocycles. The van der Waals surface area contributed by atoms with E-state index in [4.69, 9.17) is 14.2 Å². The number of carbonyl (C=O) groups is 1. The maximum atomic E-state index is 12.8. The van der Waals surface area contributed by atoms with Crippen LogP contribution in [0.5, 0.6) is 17.2 Å². The van der Waals surface area contributed by atoms with Crippen molar-refractivity contribution in [1.82, 2.24) is 0 Å². The molecule has 1 aliphatic heterocycles. The maximum Gasteiger partial charge on any atom is 0.228 e. The molecular weight excluding hydrogens is 350 g/mol. The Hall–Kier alpha value is -2.34. The Balaban J connectivity index is 2.06. The van der Waals surface area contributed by atoms with Crippen molar-refractivity contribution < 1.29 is 19.0 Å². The minimum Gasteiger partial charge on any atom is -0.493 e. The second-order valence-corrected chi connectivity index (χ2v) is 7.12. The predicted molar refractivity (Wildman–Crippen MR) is 104 cm³/mol. The number of ether oxygens (including phenoxy) is 3. The summed E-state index contributed by atoms with van der Waals surface area (Å²) < 4.78 is 16.3. The van der Waals surface area contributed by atoms with E-state index in [1.165, 1.54) is 0 Å². The molecule has 6 heteroatoms. The third-order valence-electron chi connectivity index (χ3n) is 4.46. The van der Waals surface area contributed by atoms with Crippen LogP contribution < -0.4 is 19.1 Å². The van der Waals surface area contributed by atoms with Crippen molar-refractivity contribution in [1.29, 1.82) is 0 Å². The lowest BCUT2D eigenvalue weighted by molar-refractivity contribution is -0.118. The van der Waals surface area contributed by atoms with Crippen LogP contribution in [0.1, 0.15) is 24.2 Å². The van der Waals surface area contributed by atoms with E-state index in [0.29, 0.717) is 30.2 Å². The van der Waals surface area contributed by atoms with Crippen molar-refractivity contribution in [2.75, 3.05) is 32.8 Å². The quantitative estimate of drug-likeness (QED) is 0.782. The first-order valence-electron chi connectivity index (χ1n) is 8.48. The summed E-state index contributed by atoms with van der Waals surface area (Å²) in [5.74, 6) is 1.86. The molecule has 1 atom stereocenters. The van der Waals surface area contributed by atoms with Crippen molar-refractivity contribution in [3.63, 3.8) is 0 Å². The van der Waals surface area contributed by atoms with Gasteiger partial charge in [0.2, 0.25) is 11.7 Å². The highest BCUT2D eigenvalue weighted by molar-refractivity contribution is 7.99. The van der Waals surface area contributed by atoms with E-state index in [1.807, 2.05) is 42.2 Å². The van der Waals surface area contributed by atoms with Gasteiger partial charge in [-0.05, 0) is 36.8 Å². The molecule has 0 aliphatic carbocycles. The number of thioether (sulfide) groups is 1. The Bertz CT molecular complexity index is 783. The Labute approximate surface area is 158 Å². The van der Waals surface area contributed by atoms with Crippen LogP contribution in [-0.4, -0.2) is 33.8 Å². The average Bonchev–Trinajstić information content (AvgIpc) is 2.82. The molecular formula is C20H23NO4S. The molecule has 138 valence electrons. The van der Waals surface area contributed by atoms with E-state index in [-0.39, 0.29) is 11.2 Å². The molecule has 2 aromatic rings. The van der Waals surface area contributed by atoms with Gasteiger partial charge in [-0.1, -0.05) is 12.1 Å². The molecule has 5 nitrogen and oxygen atoms in total. The number of hydrogen-bond donors (Lipinski definition) is 0. The number of amides is 1. The molecule has 1 amide bonds. The van der Waals surface area contributed by atoms with Crippen LogP contribution in [0.4, 0.5) is 5.69 Å². The highest BCUT2D eigenvalue weighted by atomic mass is 32.2. The first-order chi connectivity index (χ1) is 12.6. The SMILES string of the molecule is CCN1C(=O)C[C@H](c2cc(OC)c(OC)c(OC)c2)Sc2ccccc21. The monoisotopic (exact) mass is 373 g/mol. The lowest BCUT2D eigenvalue weighted by atomic mass is 10.1. The molecule has 0 radical (unpaired) electrons. The Morgan fingerprint density at radius 1 is 1.08 bits per heavy atom. The number of methoxy groups -OCH3 is 3. The van der Waals surface area contributed by atoms with E-state index in [0.717, 1.165) is 16.1 Å². The lowest BCUT2D eigenvalue weighted by Gasteiger charge is -2.20. The minimum atomic E-state index is -0.0334. The summed E-state index contributed by atoms with van der Waals surface area (Å²) in [4.78, 5) is 15.8. The van der Waals surface area contributed by atoms with E-state index >= 15 is 0 Å². The number of para-hydroxylation sites is 1. The number of benzene rings is 2. The van der Waals surface area contributed by atoms with Crippen LogP contribution >= 0.6 is 11.8 Å². The van der Waals surface area contributed by atoms with Crippen molar-refractivity contribution in [3.05, 3.63) is 42.0 Å². The summed E-state index contributed by atoms with van der Waals surface area (Å²) in [6, 6.07) is 11.9. The summed E-state index contributed by atoms with van der Waals surface area (Å²) in [6.07, 6.45) is 0.409. The van der Waals surface area contributed by atoms with Gasteiger partial charge in [0, 0.05) is 23.1 Å². The van der Waals surface area contributed by atoms with Crippen LogP contribution in [0.15, 0.2) is 41.3 Å². The molecule has 1 heterocycles. The number of anilines is 1. The van der Waals surface area contributed by atoms with Crippen molar-refractivity contribution >= 4 is 23.4 Å². The molecule has 0 unspecified atom stereocenters. The Morgan fingerprint density at radius 2 is 1.73 bits per heavy atom. The molecule has 0 aromatic heterocycles. The number of rotatable bonds is 5. The van der Waals surface area contributed by atoms with Gasteiger partial charge in [0.1, 0.15) is 0 Å². The molecule has 2 aromatic carbocycles. The zero-order chi connectivity index (χ0) is 18.7. The zero-order valence-electron chi connectivity index (χ0n) is 15.4. The topological polar surface area (TPSA) is 48.0 Å². The lowest BCUT2D eigenvalue weighted by Crippen LogP contribution is -2.30. The largest absolute Gasteiger partial charge is 0.493 e. The van der Waals surface area contributed by atoms with Gasteiger partial charge >= 0.3 is 0 Å². The number of fused-ring (bicyclic) bond motifs is 1. The second-order valence-electron chi connectivity index (χ2n) is 5.88. The summed E-state index contributed by atoms with van der Waals surface area (Å²) in [6.45, 7) is 2.65. The summed E-state index contributed by atoms with van der Waals surface area (Å²) >= 11 is 1.69. The van der Waals surface area contributed by atoms with Gasteiger partial charge in [-0.15, -0.1) is 11.8 Å². The maximum absolute atomic E-state index is 12.8. The summed E-state index contributed by atoms with van der Waals surface area (Å²) in [7, 11) is 4.78. The molecule has 0 fully saturated rings. The summed E-state index contributed by atoms with van der Waals surface area (Å²) in [5.41, 5.74) is 1.95. The van der Waals surface area contributed by atoms with Gasteiger partial charge in [-0.2, -0.15) is 0 Å². The first-order valence-corrected chi connectivity index (χ1v) is 9.36. The highest BCUT2D eigenvalue weighted by Gasteiger charge is 2.29. The fraction of sp³-hybridized carbons (Fsp3) is 0.350. The van der Waals surface area contributed by atoms with E-state index in [9.17, 15) is 4.79 Å². The number of nitrogens with zero attached hydrogens (tertiary/aromatic N) is 1. The van der Waals surface area contributed by atoms with Crippen LogP contribution in [0.2, 0.25) is 0 Å². The minimum absolute atomic E-state index is 0.0334. The smallest absolute Gasteiger partial charge is 0.228 e. The second kappa shape index (κ2) is 7.91. The Kier molecular flexibility index (Phi) is 5.61. The molecule has 0 N–H and O–H groups in total. The normalized spacial score (nSPS) is 16.7. The van der Waals surface area contributed by atoms with Gasteiger partial charge in [-0.3, -0.25) is 4.79 Å². The highest BCUT2D eigenvalue weighted by Crippen LogP contribution is 2.48. The van der Waals surface area contributed by atoms with E-state index < -0.39 is 0 Å². The molecule has 3 rings (SSSR count). The fourth-order valence-corrected chi connectivity index (χ4v) is 4.46. The van der Waals surface area contributed by atoms with Crippen molar-refractivity contribution in [2.24, 2.45) is 0 Å². The molecule has 1 aliphatic rings. The van der Waals surface area contributed by atoms with Crippen LogP contribution in [0, 0.1) is 0 Å². The van der Waals surface area contributed by atoms with E-state index in [1.54, 1.807) is 33.1 Å². The third kappa shape index (κ3) is 3.33. The van der Waals surface area contributed by atoms with Gasteiger partial charge < -0.3 is 19.1 Å². The number of carbonyl (C=O) groups excluding carboxylic acids is 1. The zero-order valence-corrected chi connectivity index (χ0v) is 16.3. The Morgan fingerprint density at radius 3 is 2.31 bits per heavy atom. The van der Waals surface area contributed by atoms with Gasteiger partial charge in [0.05, 0.1) is 27.0 Å². The third-order valence-corrected chi connectivity index (χ3v) is 5.78. The molecule has 0 saturated carbocycles. The van der Waals surface area contributed by atoms with Crippen LogP contribution in [0.25, 0.3) is 0 Å². The number of hydrogen-bond acceptors (Lipinski definition) is 5. The molecule has 26 heavy (non-hydrogen) atoms. The van der Waals surface area contributed by atoms with Gasteiger partial charge in [0.15, 0.2) is 11.5 Å². The van der Waals surface area contributed by atoms with Crippen molar-refractivity contribution in [2.45, 2.75) is 23.5 Å². The first kappa shape index (κ1) is 18.5. The molecule has 0 bridgehead atoms. The molecule has 0 spiro atoms. The van der Waals surface area contributed by atoms with Crippen molar-refractivity contribution in [3.8, 4) is 17.2 Å².